The molecule has 0 aliphatic heterocycles. The molecular weight excluding hydrogens is 435 g/mol. The van der Waals surface area contributed by atoms with Crippen molar-refractivity contribution in [2.75, 3.05) is 46.5 Å². The maximum Gasteiger partial charge on any atom is 0.241 e. The first-order chi connectivity index (χ1) is 11.7. The van der Waals surface area contributed by atoms with Gasteiger partial charge in [-0.15, -0.1) is 24.0 Å². The van der Waals surface area contributed by atoms with Gasteiger partial charge in [-0.25, -0.2) is 4.99 Å². The number of aliphatic imine (C=N–C) groups is 1. The number of methoxy groups -OCH3 is 1. The summed E-state index contributed by atoms with van der Waals surface area (Å²) in [6, 6.07) is 7.91. The van der Waals surface area contributed by atoms with Crippen molar-refractivity contribution in [1.29, 1.82) is 0 Å². The molecule has 1 rings (SSSR count). The van der Waals surface area contributed by atoms with Gasteiger partial charge in [-0.1, -0.05) is 17.7 Å². The van der Waals surface area contributed by atoms with Crippen LogP contribution in [0.15, 0.2) is 29.3 Å². The molecule has 0 aliphatic carbocycles. The van der Waals surface area contributed by atoms with Crippen LogP contribution in [0.3, 0.4) is 0 Å². The fourth-order valence-corrected chi connectivity index (χ4v) is 1.81. The van der Waals surface area contributed by atoms with Crippen LogP contribution in [-0.2, 0) is 9.53 Å². The monoisotopic (exact) mass is 464 g/mol. The number of rotatable bonds is 10. The molecule has 0 heterocycles. The van der Waals surface area contributed by atoms with E-state index in [0.29, 0.717) is 32.3 Å². The lowest BCUT2D eigenvalue weighted by atomic mass is 10.2. The van der Waals surface area contributed by atoms with Gasteiger partial charge in [-0.2, -0.15) is 0 Å². The van der Waals surface area contributed by atoms with Gasteiger partial charge in [0.25, 0.3) is 0 Å². The molecular formula is C17H29IN4O3. The summed E-state index contributed by atoms with van der Waals surface area (Å²) in [7, 11) is 1.59. The van der Waals surface area contributed by atoms with Crippen molar-refractivity contribution in [1.82, 2.24) is 16.0 Å². The van der Waals surface area contributed by atoms with Crippen LogP contribution in [0.4, 0.5) is 0 Å². The van der Waals surface area contributed by atoms with Gasteiger partial charge in [0.2, 0.25) is 5.91 Å². The quantitative estimate of drug-likeness (QED) is 0.211. The van der Waals surface area contributed by atoms with Gasteiger partial charge in [0.1, 0.15) is 18.9 Å². The van der Waals surface area contributed by atoms with E-state index in [1.165, 1.54) is 5.56 Å². The molecule has 0 unspecified atom stereocenters. The van der Waals surface area contributed by atoms with E-state index in [1.807, 2.05) is 38.1 Å². The normalized spacial score (nSPS) is 10.6. The summed E-state index contributed by atoms with van der Waals surface area (Å²) in [5, 5.41) is 8.95. The number of carbonyl (C=O) groups is 1. The SMILES string of the molecule is CCNC(=NCC(=O)NCCOC)NCCOc1ccc(C)cc1.I. The van der Waals surface area contributed by atoms with Crippen LogP contribution in [0.5, 0.6) is 5.75 Å². The van der Waals surface area contributed by atoms with Gasteiger partial charge in [0.05, 0.1) is 13.2 Å². The molecule has 0 fully saturated rings. The van der Waals surface area contributed by atoms with E-state index < -0.39 is 0 Å². The first-order valence-corrected chi connectivity index (χ1v) is 8.13. The fraction of sp³-hybridized carbons (Fsp3) is 0.529. The lowest BCUT2D eigenvalue weighted by Crippen LogP contribution is -2.40. The second kappa shape index (κ2) is 14.8. The second-order valence-electron chi connectivity index (χ2n) is 5.13. The second-order valence-corrected chi connectivity index (χ2v) is 5.13. The molecule has 1 aromatic carbocycles. The summed E-state index contributed by atoms with van der Waals surface area (Å²) in [6.07, 6.45) is 0. The number of hydrogen-bond acceptors (Lipinski definition) is 4. The molecule has 1 aromatic rings. The Labute approximate surface area is 167 Å². The number of carbonyl (C=O) groups excluding carboxylic acids is 1. The molecule has 0 saturated carbocycles. The van der Waals surface area contributed by atoms with Gasteiger partial charge < -0.3 is 25.4 Å². The largest absolute Gasteiger partial charge is 0.492 e. The Bertz CT molecular complexity index is 509. The molecule has 0 saturated heterocycles. The third-order valence-corrected chi connectivity index (χ3v) is 3.04. The molecule has 0 spiro atoms. The van der Waals surface area contributed by atoms with Crippen molar-refractivity contribution < 1.29 is 14.3 Å². The predicted molar refractivity (Wildman–Crippen MR) is 111 cm³/mol. The lowest BCUT2D eigenvalue weighted by Gasteiger charge is -2.12. The molecule has 3 N–H and O–H groups in total. The minimum Gasteiger partial charge on any atom is -0.492 e. The highest BCUT2D eigenvalue weighted by Gasteiger charge is 2.02. The Morgan fingerprint density at radius 2 is 1.76 bits per heavy atom. The van der Waals surface area contributed by atoms with Crippen LogP contribution < -0.4 is 20.7 Å². The van der Waals surface area contributed by atoms with Crippen LogP contribution in [0.25, 0.3) is 0 Å². The Morgan fingerprint density at radius 1 is 1.08 bits per heavy atom. The summed E-state index contributed by atoms with van der Waals surface area (Å²) in [5.41, 5.74) is 1.20. The molecule has 8 heteroatoms. The van der Waals surface area contributed by atoms with Crippen LogP contribution in [-0.4, -0.2) is 58.4 Å². The zero-order chi connectivity index (χ0) is 17.6. The summed E-state index contributed by atoms with van der Waals surface area (Å²) >= 11 is 0. The van der Waals surface area contributed by atoms with Crippen molar-refractivity contribution in [2.24, 2.45) is 4.99 Å². The van der Waals surface area contributed by atoms with Gasteiger partial charge in [0, 0.05) is 20.2 Å². The zero-order valence-electron chi connectivity index (χ0n) is 15.1. The number of nitrogens with one attached hydrogen (secondary N) is 3. The number of halogens is 1. The smallest absolute Gasteiger partial charge is 0.241 e. The molecule has 1 amide bonds. The maximum atomic E-state index is 11.6. The average Bonchev–Trinajstić information content (AvgIpc) is 2.58. The molecule has 0 atom stereocenters. The van der Waals surface area contributed by atoms with Crippen molar-refractivity contribution in [3.05, 3.63) is 29.8 Å². The maximum absolute atomic E-state index is 11.6. The Kier molecular flexibility index (Phi) is 13.8. The Morgan fingerprint density at radius 3 is 2.40 bits per heavy atom. The summed E-state index contributed by atoms with van der Waals surface area (Å²) in [6.45, 7) is 6.87. The van der Waals surface area contributed by atoms with Crippen LogP contribution >= 0.6 is 24.0 Å². The van der Waals surface area contributed by atoms with E-state index in [9.17, 15) is 4.79 Å². The first kappa shape index (κ1) is 23.4. The van der Waals surface area contributed by atoms with Gasteiger partial charge in [0.15, 0.2) is 5.96 Å². The van der Waals surface area contributed by atoms with Crippen LogP contribution in [0, 0.1) is 6.92 Å². The fourth-order valence-electron chi connectivity index (χ4n) is 1.81. The van der Waals surface area contributed by atoms with Crippen molar-refractivity contribution in [2.45, 2.75) is 13.8 Å². The predicted octanol–water partition coefficient (Wildman–Crippen LogP) is 1.31. The minimum absolute atomic E-state index is 0. The minimum atomic E-state index is -0.139. The molecule has 0 aromatic heterocycles. The molecule has 0 radical (unpaired) electrons. The highest BCUT2D eigenvalue weighted by Crippen LogP contribution is 2.10. The van der Waals surface area contributed by atoms with Gasteiger partial charge in [-0.3, -0.25) is 4.79 Å². The number of nitrogens with zero attached hydrogens (tertiary/aromatic N) is 1. The number of aryl methyl sites for hydroxylation is 1. The number of hydrogen-bond donors (Lipinski definition) is 3. The average molecular weight is 464 g/mol. The Balaban J connectivity index is 0.00000576. The molecule has 0 bridgehead atoms. The standard InChI is InChI=1S/C17H28N4O3.HI/c1-4-18-17(21-13-16(22)19-9-11-23-3)20-10-12-24-15-7-5-14(2)6-8-15;/h5-8H,4,9-13H2,1-3H3,(H,19,22)(H2,18,20,21);1H. The number of guanidine groups is 1. The number of benzene rings is 1. The van der Waals surface area contributed by atoms with Gasteiger partial charge >= 0.3 is 0 Å². The van der Waals surface area contributed by atoms with Crippen LogP contribution in [0.2, 0.25) is 0 Å². The van der Waals surface area contributed by atoms with Crippen molar-refractivity contribution in [3.63, 3.8) is 0 Å². The molecule has 7 nitrogen and oxygen atoms in total. The summed E-state index contributed by atoms with van der Waals surface area (Å²) < 4.78 is 10.5. The van der Waals surface area contributed by atoms with Crippen molar-refractivity contribution >= 4 is 35.8 Å². The third-order valence-electron chi connectivity index (χ3n) is 3.04. The number of ether oxygens (including phenoxy) is 2. The van der Waals surface area contributed by atoms with E-state index in [-0.39, 0.29) is 36.4 Å². The van der Waals surface area contributed by atoms with Crippen LogP contribution in [0.1, 0.15) is 12.5 Å². The summed E-state index contributed by atoms with van der Waals surface area (Å²) in [5.74, 6) is 1.29. The van der Waals surface area contributed by atoms with E-state index in [2.05, 4.69) is 20.9 Å². The number of amides is 1. The van der Waals surface area contributed by atoms with E-state index in [1.54, 1.807) is 7.11 Å². The van der Waals surface area contributed by atoms with E-state index >= 15 is 0 Å². The molecule has 142 valence electrons. The third kappa shape index (κ3) is 11.6. The lowest BCUT2D eigenvalue weighted by molar-refractivity contribution is -0.119. The zero-order valence-corrected chi connectivity index (χ0v) is 17.5. The Hall–Kier alpha value is -1.55. The topological polar surface area (TPSA) is 84.0 Å². The first-order valence-electron chi connectivity index (χ1n) is 8.13. The van der Waals surface area contributed by atoms with Crippen molar-refractivity contribution in [3.8, 4) is 5.75 Å². The van der Waals surface area contributed by atoms with E-state index in [0.717, 1.165) is 12.3 Å². The van der Waals surface area contributed by atoms with Gasteiger partial charge in [-0.05, 0) is 26.0 Å². The molecule has 0 aliphatic rings. The van der Waals surface area contributed by atoms with E-state index in [4.69, 9.17) is 9.47 Å². The summed E-state index contributed by atoms with van der Waals surface area (Å²) in [4.78, 5) is 15.8. The highest BCUT2D eigenvalue weighted by atomic mass is 127. The molecule has 25 heavy (non-hydrogen) atoms. The highest BCUT2D eigenvalue weighted by molar-refractivity contribution is 14.0.